The summed E-state index contributed by atoms with van der Waals surface area (Å²) in [5.41, 5.74) is 0.247. The van der Waals surface area contributed by atoms with E-state index in [1.807, 2.05) is 0 Å². The highest BCUT2D eigenvalue weighted by atomic mass is 19.4. The summed E-state index contributed by atoms with van der Waals surface area (Å²) in [6, 6.07) is 5.23. The molecular weight excluding hydrogens is 229 g/mol. The normalized spacial score (nSPS) is 25.2. The van der Waals surface area contributed by atoms with Gasteiger partial charge in [-0.1, -0.05) is 18.6 Å². The van der Waals surface area contributed by atoms with Gasteiger partial charge in [0.25, 0.3) is 0 Å². The van der Waals surface area contributed by atoms with E-state index in [1.54, 1.807) is 0 Å². The lowest BCUT2D eigenvalue weighted by Crippen LogP contribution is -2.15. The largest absolute Gasteiger partial charge is 0.416 e. The Morgan fingerprint density at radius 2 is 1.76 bits per heavy atom. The number of aliphatic hydroxyl groups is 1. The van der Waals surface area contributed by atoms with Crippen LogP contribution in [0.5, 0.6) is 0 Å². The summed E-state index contributed by atoms with van der Waals surface area (Å²) in [5, 5.41) is 9.65. The highest BCUT2D eigenvalue weighted by molar-refractivity contribution is 5.25. The van der Waals surface area contributed by atoms with Gasteiger partial charge in [0.2, 0.25) is 0 Å². The Balaban J connectivity index is 2.03. The molecule has 17 heavy (non-hydrogen) atoms. The van der Waals surface area contributed by atoms with Crippen molar-refractivity contribution < 1.29 is 18.3 Å². The first kappa shape index (κ1) is 12.4. The quantitative estimate of drug-likeness (QED) is 0.845. The first-order chi connectivity index (χ1) is 7.97. The van der Waals surface area contributed by atoms with Crippen molar-refractivity contribution in [3.8, 4) is 0 Å². The molecular formula is C13H15F3O. The number of alkyl halides is 3. The summed E-state index contributed by atoms with van der Waals surface area (Å²) in [7, 11) is 0. The van der Waals surface area contributed by atoms with E-state index in [4.69, 9.17) is 0 Å². The maximum atomic E-state index is 12.3. The first-order valence-corrected chi connectivity index (χ1v) is 5.81. The van der Waals surface area contributed by atoms with Crippen LogP contribution in [-0.4, -0.2) is 11.2 Å². The van der Waals surface area contributed by atoms with Gasteiger partial charge in [-0.05, 0) is 42.9 Å². The molecule has 4 heteroatoms. The van der Waals surface area contributed by atoms with Crippen LogP contribution in [0.4, 0.5) is 13.2 Å². The molecule has 0 aliphatic heterocycles. The standard InChI is InChI=1S/C13H15F3O/c14-13(15,16)11-6-4-9(5-7-11)8-10-2-1-3-12(10)17/h4-7,10,12,17H,1-3,8H2. The highest BCUT2D eigenvalue weighted by Gasteiger charge is 2.30. The molecule has 1 aromatic rings. The molecule has 0 heterocycles. The lowest BCUT2D eigenvalue weighted by atomic mass is 9.95. The summed E-state index contributed by atoms with van der Waals surface area (Å²) in [6.07, 6.45) is -1.12. The predicted octanol–water partition coefficient (Wildman–Crippen LogP) is 3.41. The van der Waals surface area contributed by atoms with E-state index in [1.165, 1.54) is 12.1 Å². The molecule has 1 N–H and O–H groups in total. The number of aliphatic hydroxyl groups excluding tert-OH is 1. The maximum absolute atomic E-state index is 12.3. The van der Waals surface area contributed by atoms with E-state index in [0.29, 0.717) is 6.42 Å². The van der Waals surface area contributed by atoms with E-state index in [9.17, 15) is 18.3 Å². The molecule has 0 amide bonds. The van der Waals surface area contributed by atoms with Crippen LogP contribution in [0.2, 0.25) is 0 Å². The molecule has 0 spiro atoms. The second kappa shape index (κ2) is 4.69. The molecule has 94 valence electrons. The molecule has 0 saturated heterocycles. The minimum Gasteiger partial charge on any atom is -0.393 e. The van der Waals surface area contributed by atoms with Crippen molar-refractivity contribution in [1.82, 2.24) is 0 Å². The Morgan fingerprint density at radius 1 is 1.12 bits per heavy atom. The molecule has 1 aliphatic carbocycles. The zero-order chi connectivity index (χ0) is 12.5. The lowest BCUT2D eigenvalue weighted by Gasteiger charge is -2.14. The van der Waals surface area contributed by atoms with Crippen molar-refractivity contribution in [1.29, 1.82) is 0 Å². The van der Waals surface area contributed by atoms with Crippen molar-refractivity contribution in [3.05, 3.63) is 35.4 Å². The van der Waals surface area contributed by atoms with Crippen molar-refractivity contribution in [2.24, 2.45) is 5.92 Å². The Labute approximate surface area is 98.3 Å². The Kier molecular flexibility index (Phi) is 3.43. The van der Waals surface area contributed by atoms with Gasteiger partial charge in [-0.15, -0.1) is 0 Å². The molecule has 0 radical (unpaired) electrons. The molecule has 0 aromatic heterocycles. The second-order valence-corrected chi connectivity index (χ2v) is 4.66. The average Bonchev–Trinajstić information content (AvgIpc) is 2.64. The number of hydrogen-bond acceptors (Lipinski definition) is 1. The van der Waals surface area contributed by atoms with Crippen molar-refractivity contribution in [2.75, 3.05) is 0 Å². The third-order valence-corrected chi connectivity index (χ3v) is 3.40. The molecule has 1 aromatic carbocycles. The molecule has 1 fully saturated rings. The van der Waals surface area contributed by atoms with Crippen molar-refractivity contribution in [3.63, 3.8) is 0 Å². The van der Waals surface area contributed by atoms with Crippen LogP contribution >= 0.6 is 0 Å². The Bertz CT molecular complexity index is 369. The maximum Gasteiger partial charge on any atom is 0.416 e. The van der Waals surface area contributed by atoms with E-state index in [0.717, 1.165) is 37.0 Å². The third-order valence-electron chi connectivity index (χ3n) is 3.40. The van der Waals surface area contributed by atoms with Gasteiger partial charge in [-0.2, -0.15) is 13.2 Å². The van der Waals surface area contributed by atoms with Gasteiger partial charge in [-0.25, -0.2) is 0 Å². The molecule has 1 nitrogen and oxygen atoms in total. The van der Waals surface area contributed by atoms with Crippen LogP contribution in [-0.2, 0) is 12.6 Å². The minimum atomic E-state index is -4.27. The highest BCUT2D eigenvalue weighted by Crippen LogP contribution is 2.31. The van der Waals surface area contributed by atoms with Crippen LogP contribution in [0, 0.1) is 5.92 Å². The molecule has 2 unspecified atom stereocenters. The summed E-state index contributed by atoms with van der Waals surface area (Å²) in [5.74, 6) is 0.201. The van der Waals surface area contributed by atoms with Crippen LogP contribution in [0.25, 0.3) is 0 Å². The van der Waals surface area contributed by atoms with Gasteiger partial charge < -0.3 is 5.11 Å². The SMILES string of the molecule is OC1CCCC1Cc1ccc(C(F)(F)F)cc1. The molecule has 0 bridgehead atoms. The Morgan fingerprint density at radius 3 is 2.24 bits per heavy atom. The van der Waals surface area contributed by atoms with Gasteiger partial charge >= 0.3 is 6.18 Å². The monoisotopic (exact) mass is 244 g/mol. The van der Waals surface area contributed by atoms with Gasteiger partial charge in [0.1, 0.15) is 0 Å². The molecule has 1 saturated carbocycles. The molecule has 2 atom stereocenters. The van der Waals surface area contributed by atoms with Crippen molar-refractivity contribution >= 4 is 0 Å². The van der Waals surface area contributed by atoms with Gasteiger partial charge in [-0.3, -0.25) is 0 Å². The second-order valence-electron chi connectivity index (χ2n) is 4.66. The summed E-state index contributed by atoms with van der Waals surface area (Å²) >= 11 is 0. The van der Waals surface area contributed by atoms with E-state index in [-0.39, 0.29) is 12.0 Å². The summed E-state index contributed by atoms with van der Waals surface area (Å²) in [4.78, 5) is 0. The number of benzene rings is 1. The fourth-order valence-electron chi connectivity index (χ4n) is 2.39. The number of halogens is 3. The average molecular weight is 244 g/mol. The van der Waals surface area contributed by atoms with E-state index < -0.39 is 11.7 Å². The molecule has 2 rings (SSSR count). The van der Waals surface area contributed by atoms with Crippen LogP contribution in [0.1, 0.15) is 30.4 Å². The first-order valence-electron chi connectivity index (χ1n) is 5.81. The molecule has 1 aliphatic rings. The van der Waals surface area contributed by atoms with E-state index in [2.05, 4.69) is 0 Å². The zero-order valence-corrected chi connectivity index (χ0v) is 9.37. The number of hydrogen-bond donors (Lipinski definition) is 1. The zero-order valence-electron chi connectivity index (χ0n) is 9.37. The smallest absolute Gasteiger partial charge is 0.393 e. The van der Waals surface area contributed by atoms with Crippen LogP contribution in [0.3, 0.4) is 0 Å². The van der Waals surface area contributed by atoms with Crippen LogP contribution < -0.4 is 0 Å². The topological polar surface area (TPSA) is 20.2 Å². The minimum absolute atomic E-state index is 0.201. The predicted molar refractivity (Wildman–Crippen MR) is 58.5 cm³/mol. The Hall–Kier alpha value is -1.03. The van der Waals surface area contributed by atoms with Crippen LogP contribution in [0.15, 0.2) is 24.3 Å². The third kappa shape index (κ3) is 3.00. The van der Waals surface area contributed by atoms with Crippen molar-refractivity contribution in [2.45, 2.75) is 38.0 Å². The summed E-state index contributed by atoms with van der Waals surface area (Å²) in [6.45, 7) is 0. The number of rotatable bonds is 2. The van der Waals surface area contributed by atoms with Gasteiger partial charge in [0, 0.05) is 0 Å². The fourth-order valence-corrected chi connectivity index (χ4v) is 2.39. The van der Waals surface area contributed by atoms with Gasteiger partial charge in [0.05, 0.1) is 11.7 Å². The lowest BCUT2D eigenvalue weighted by molar-refractivity contribution is -0.137. The van der Waals surface area contributed by atoms with E-state index >= 15 is 0 Å². The van der Waals surface area contributed by atoms with Gasteiger partial charge in [0.15, 0.2) is 0 Å². The summed E-state index contributed by atoms with van der Waals surface area (Å²) < 4.78 is 37.0. The fraction of sp³-hybridized carbons (Fsp3) is 0.538.